The zero-order chi connectivity index (χ0) is 14.7. The number of hydrogen-bond acceptors (Lipinski definition) is 3. The number of anilines is 1. The van der Waals surface area contributed by atoms with E-state index in [2.05, 4.69) is 15.9 Å². The number of carbonyl (C=O) groups is 1. The third-order valence-corrected chi connectivity index (χ3v) is 3.40. The summed E-state index contributed by atoms with van der Waals surface area (Å²) in [6.45, 7) is 0.215. The quantitative estimate of drug-likeness (QED) is 0.837. The molecule has 0 aliphatic rings. The molecule has 2 rings (SSSR count). The Labute approximate surface area is 123 Å². The van der Waals surface area contributed by atoms with Crippen molar-refractivity contribution >= 4 is 27.6 Å². The number of carboxylic acid groups (broad SMARTS) is 1. The number of hydrogen-bond donors (Lipinski definition) is 2. The molecule has 6 heteroatoms. The molecule has 0 saturated heterocycles. The van der Waals surface area contributed by atoms with Gasteiger partial charge in [0.1, 0.15) is 18.2 Å². The van der Waals surface area contributed by atoms with E-state index in [0.29, 0.717) is 10.2 Å². The highest BCUT2D eigenvalue weighted by molar-refractivity contribution is 9.10. The molecular weight excluding hydrogens is 329 g/mol. The van der Waals surface area contributed by atoms with Gasteiger partial charge in [-0.2, -0.15) is 0 Å². The molecule has 0 saturated carbocycles. The Morgan fingerprint density at radius 1 is 1.30 bits per heavy atom. The van der Waals surface area contributed by atoms with Gasteiger partial charge in [-0.3, -0.25) is 0 Å². The molecule has 2 aromatic rings. The van der Waals surface area contributed by atoms with Gasteiger partial charge in [-0.15, -0.1) is 0 Å². The summed E-state index contributed by atoms with van der Waals surface area (Å²) < 4.78 is 19.0. The predicted octanol–water partition coefficient (Wildman–Crippen LogP) is 3.45. The molecule has 0 radical (unpaired) electrons. The van der Waals surface area contributed by atoms with Crippen molar-refractivity contribution in [2.24, 2.45) is 0 Å². The predicted molar refractivity (Wildman–Crippen MR) is 76.2 cm³/mol. The topological polar surface area (TPSA) is 72.5 Å². The third-order valence-electron chi connectivity index (χ3n) is 2.66. The van der Waals surface area contributed by atoms with E-state index in [1.807, 2.05) is 0 Å². The first kappa shape index (κ1) is 14.3. The molecule has 2 aromatic carbocycles. The first-order valence-corrected chi connectivity index (χ1v) is 6.46. The lowest BCUT2D eigenvalue weighted by Crippen LogP contribution is -2.03. The molecule has 4 nitrogen and oxygen atoms in total. The highest BCUT2D eigenvalue weighted by Gasteiger charge is 2.09. The van der Waals surface area contributed by atoms with Crippen molar-refractivity contribution < 1.29 is 19.0 Å². The van der Waals surface area contributed by atoms with E-state index >= 15 is 0 Å². The van der Waals surface area contributed by atoms with E-state index in [1.165, 1.54) is 30.3 Å². The molecule has 0 aliphatic heterocycles. The van der Waals surface area contributed by atoms with Gasteiger partial charge in [0.05, 0.1) is 5.56 Å². The highest BCUT2D eigenvalue weighted by Crippen LogP contribution is 2.23. The maximum atomic E-state index is 12.9. The second-order valence-corrected chi connectivity index (χ2v) is 4.93. The van der Waals surface area contributed by atoms with Crippen LogP contribution in [0.4, 0.5) is 10.1 Å². The van der Waals surface area contributed by atoms with Crippen molar-refractivity contribution in [3.63, 3.8) is 0 Å². The molecule has 0 aliphatic carbocycles. The van der Waals surface area contributed by atoms with E-state index in [4.69, 9.17) is 15.6 Å². The summed E-state index contributed by atoms with van der Waals surface area (Å²) in [6.07, 6.45) is 0. The summed E-state index contributed by atoms with van der Waals surface area (Å²) in [6, 6.07) is 8.64. The normalized spacial score (nSPS) is 10.3. The Hall–Kier alpha value is -2.08. The Bertz CT molecular complexity index is 661. The van der Waals surface area contributed by atoms with E-state index in [1.54, 1.807) is 6.07 Å². The molecule has 0 aromatic heterocycles. The highest BCUT2D eigenvalue weighted by atomic mass is 79.9. The number of ether oxygens (including phenoxy) is 1. The number of halogens is 2. The maximum Gasteiger partial charge on any atom is 0.337 e. The Kier molecular flexibility index (Phi) is 4.24. The molecule has 0 amide bonds. The largest absolute Gasteiger partial charge is 0.489 e. The number of rotatable bonds is 4. The maximum absolute atomic E-state index is 12.9. The minimum atomic E-state index is -1.09. The van der Waals surface area contributed by atoms with Crippen LogP contribution in [0, 0.1) is 5.82 Å². The van der Waals surface area contributed by atoms with E-state index in [-0.39, 0.29) is 23.7 Å². The van der Waals surface area contributed by atoms with Crippen LogP contribution in [0.5, 0.6) is 5.75 Å². The summed E-state index contributed by atoms with van der Waals surface area (Å²) in [5.41, 5.74) is 6.55. The molecule has 20 heavy (non-hydrogen) atoms. The van der Waals surface area contributed by atoms with Gasteiger partial charge in [-0.1, -0.05) is 22.0 Å². The molecule has 0 fully saturated rings. The second-order valence-electron chi connectivity index (χ2n) is 4.08. The number of aromatic carboxylic acids is 1. The Balaban J connectivity index is 2.11. The zero-order valence-corrected chi connectivity index (χ0v) is 11.9. The van der Waals surface area contributed by atoms with Gasteiger partial charge in [0.2, 0.25) is 0 Å². The van der Waals surface area contributed by atoms with Crippen LogP contribution in [-0.4, -0.2) is 11.1 Å². The van der Waals surface area contributed by atoms with E-state index < -0.39 is 5.97 Å². The fourth-order valence-corrected chi connectivity index (χ4v) is 2.09. The van der Waals surface area contributed by atoms with Crippen molar-refractivity contribution in [2.45, 2.75) is 6.61 Å². The van der Waals surface area contributed by atoms with Crippen molar-refractivity contribution in [1.29, 1.82) is 0 Å². The van der Waals surface area contributed by atoms with Gasteiger partial charge in [-0.25, -0.2) is 9.18 Å². The van der Waals surface area contributed by atoms with Crippen LogP contribution in [0.1, 0.15) is 15.9 Å². The van der Waals surface area contributed by atoms with Crippen LogP contribution in [0.3, 0.4) is 0 Å². The van der Waals surface area contributed by atoms with Gasteiger partial charge in [-0.05, 0) is 24.3 Å². The molecular formula is C14H11BrFNO3. The minimum Gasteiger partial charge on any atom is -0.489 e. The fraction of sp³-hybridized carbons (Fsp3) is 0.0714. The molecule has 3 N–H and O–H groups in total. The molecule has 0 unspecified atom stereocenters. The van der Waals surface area contributed by atoms with Gasteiger partial charge in [0.15, 0.2) is 0 Å². The van der Waals surface area contributed by atoms with Crippen molar-refractivity contribution in [3.8, 4) is 5.75 Å². The lowest BCUT2D eigenvalue weighted by molar-refractivity contribution is 0.0698. The lowest BCUT2D eigenvalue weighted by atomic mass is 10.2. The number of benzene rings is 2. The molecule has 0 heterocycles. The van der Waals surface area contributed by atoms with Gasteiger partial charge >= 0.3 is 5.97 Å². The monoisotopic (exact) mass is 339 g/mol. The molecule has 0 bridgehead atoms. The number of nitrogens with two attached hydrogens (primary N) is 1. The summed E-state index contributed by atoms with van der Waals surface area (Å²) in [5.74, 6) is -0.977. The van der Waals surface area contributed by atoms with Crippen LogP contribution < -0.4 is 10.5 Å². The van der Waals surface area contributed by atoms with Gasteiger partial charge < -0.3 is 15.6 Å². The zero-order valence-electron chi connectivity index (χ0n) is 10.3. The van der Waals surface area contributed by atoms with Crippen LogP contribution >= 0.6 is 15.9 Å². The standard InChI is InChI=1S/C14H11BrFNO3/c15-12-5-9(16)2-1-8(12)7-20-10-3-4-11(14(18)19)13(17)6-10/h1-6H,7,17H2,(H,18,19). The summed E-state index contributed by atoms with van der Waals surface area (Å²) in [4.78, 5) is 10.8. The van der Waals surface area contributed by atoms with Crippen molar-refractivity contribution in [2.75, 3.05) is 5.73 Å². The second kappa shape index (κ2) is 5.92. The summed E-state index contributed by atoms with van der Waals surface area (Å²) in [7, 11) is 0. The van der Waals surface area contributed by atoms with Crippen LogP contribution in [0.25, 0.3) is 0 Å². The van der Waals surface area contributed by atoms with Crippen molar-refractivity contribution in [3.05, 3.63) is 57.8 Å². The minimum absolute atomic E-state index is 0.0281. The number of carboxylic acids is 1. The summed E-state index contributed by atoms with van der Waals surface area (Å²) >= 11 is 3.24. The number of nitrogen functional groups attached to an aromatic ring is 1. The van der Waals surface area contributed by atoms with Crippen LogP contribution in [-0.2, 0) is 6.61 Å². The Morgan fingerprint density at radius 2 is 2.05 bits per heavy atom. The molecule has 104 valence electrons. The van der Waals surface area contributed by atoms with Crippen molar-refractivity contribution in [1.82, 2.24) is 0 Å². The smallest absolute Gasteiger partial charge is 0.337 e. The van der Waals surface area contributed by atoms with Gasteiger partial charge in [0, 0.05) is 21.8 Å². The first-order valence-electron chi connectivity index (χ1n) is 5.67. The van der Waals surface area contributed by atoms with E-state index in [9.17, 15) is 9.18 Å². The van der Waals surface area contributed by atoms with Crippen LogP contribution in [0.2, 0.25) is 0 Å². The van der Waals surface area contributed by atoms with Gasteiger partial charge in [0.25, 0.3) is 0 Å². The fourth-order valence-electron chi connectivity index (χ4n) is 1.63. The average molecular weight is 340 g/mol. The SMILES string of the molecule is Nc1cc(OCc2ccc(F)cc2Br)ccc1C(=O)O. The molecule has 0 atom stereocenters. The molecule has 0 spiro atoms. The Morgan fingerprint density at radius 3 is 2.65 bits per heavy atom. The lowest BCUT2D eigenvalue weighted by Gasteiger charge is -2.09. The third kappa shape index (κ3) is 3.27. The summed E-state index contributed by atoms with van der Waals surface area (Å²) in [5, 5.41) is 8.86. The average Bonchev–Trinajstić information content (AvgIpc) is 2.37. The first-order chi connectivity index (χ1) is 9.47. The van der Waals surface area contributed by atoms with Crippen LogP contribution in [0.15, 0.2) is 40.9 Å². The van der Waals surface area contributed by atoms with E-state index in [0.717, 1.165) is 5.56 Å².